The Bertz CT molecular complexity index is 381. The topological polar surface area (TPSA) is 61.4 Å². The molecule has 1 aromatic rings. The Morgan fingerprint density at radius 1 is 1.33 bits per heavy atom. The second kappa shape index (κ2) is 7.08. The Balaban J connectivity index is 2.38. The highest BCUT2D eigenvalue weighted by Gasteiger charge is 2.15. The zero-order chi connectivity index (χ0) is 13.5. The molecule has 0 radical (unpaired) electrons. The van der Waals surface area contributed by atoms with Gasteiger partial charge in [0.1, 0.15) is 5.82 Å². The van der Waals surface area contributed by atoms with Crippen molar-refractivity contribution in [3.63, 3.8) is 0 Å². The molecule has 0 saturated heterocycles. The number of rotatable bonds is 6. The van der Waals surface area contributed by atoms with Crippen LogP contribution in [0.1, 0.15) is 25.5 Å². The van der Waals surface area contributed by atoms with Crippen molar-refractivity contribution in [2.75, 3.05) is 13.1 Å². The van der Waals surface area contributed by atoms with Gasteiger partial charge in [-0.25, -0.2) is 4.39 Å². The minimum atomic E-state index is -0.706. The maximum absolute atomic E-state index is 12.7. The van der Waals surface area contributed by atoms with Crippen LogP contribution in [-0.4, -0.2) is 30.1 Å². The zero-order valence-corrected chi connectivity index (χ0v) is 10.6. The van der Waals surface area contributed by atoms with Gasteiger partial charge in [-0.15, -0.1) is 0 Å². The van der Waals surface area contributed by atoms with E-state index in [2.05, 4.69) is 10.6 Å². The summed E-state index contributed by atoms with van der Waals surface area (Å²) < 4.78 is 12.7. The molecule has 18 heavy (non-hydrogen) atoms. The van der Waals surface area contributed by atoms with E-state index in [4.69, 9.17) is 0 Å². The Morgan fingerprint density at radius 2 is 1.94 bits per heavy atom. The van der Waals surface area contributed by atoms with Crippen molar-refractivity contribution in [3.05, 3.63) is 35.6 Å². The highest BCUT2D eigenvalue weighted by atomic mass is 19.1. The molecule has 1 amide bonds. The van der Waals surface area contributed by atoms with E-state index in [1.165, 1.54) is 19.1 Å². The number of carbonyl (C=O) groups excluding carboxylic acids is 1. The first-order valence-corrected chi connectivity index (χ1v) is 5.92. The van der Waals surface area contributed by atoms with Crippen LogP contribution >= 0.6 is 0 Å². The first kappa shape index (κ1) is 14.6. The molecule has 1 rings (SSSR count). The van der Waals surface area contributed by atoms with Gasteiger partial charge in [-0.1, -0.05) is 12.1 Å². The maximum atomic E-state index is 12.7. The van der Waals surface area contributed by atoms with E-state index in [0.717, 1.165) is 0 Å². The average molecular weight is 254 g/mol. The molecular weight excluding hydrogens is 235 g/mol. The first-order valence-electron chi connectivity index (χ1n) is 5.92. The highest BCUT2D eigenvalue weighted by molar-refractivity contribution is 5.72. The van der Waals surface area contributed by atoms with Crippen molar-refractivity contribution in [2.45, 2.75) is 26.0 Å². The molecule has 2 unspecified atom stereocenters. The number of nitrogens with one attached hydrogen (secondary N) is 2. The fraction of sp³-hybridized carbons (Fsp3) is 0.462. The molecule has 0 aliphatic rings. The van der Waals surface area contributed by atoms with Crippen LogP contribution in [0.25, 0.3) is 0 Å². The summed E-state index contributed by atoms with van der Waals surface area (Å²) in [5.74, 6) is -0.402. The van der Waals surface area contributed by atoms with Crippen LogP contribution in [0, 0.1) is 5.82 Å². The number of aliphatic hydroxyl groups excluding tert-OH is 1. The van der Waals surface area contributed by atoms with E-state index in [1.54, 1.807) is 12.1 Å². The summed E-state index contributed by atoms with van der Waals surface area (Å²) in [6.45, 7) is 4.37. The molecule has 0 aliphatic heterocycles. The predicted molar refractivity (Wildman–Crippen MR) is 67.5 cm³/mol. The highest BCUT2D eigenvalue weighted by Crippen LogP contribution is 2.16. The maximum Gasteiger partial charge on any atom is 0.216 e. The van der Waals surface area contributed by atoms with E-state index in [-0.39, 0.29) is 17.8 Å². The summed E-state index contributed by atoms with van der Waals surface area (Å²) in [5, 5.41) is 15.8. The number of hydrogen-bond donors (Lipinski definition) is 3. The number of carbonyl (C=O) groups is 1. The van der Waals surface area contributed by atoms with Crippen LogP contribution in [0.5, 0.6) is 0 Å². The summed E-state index contributed by atoms with van der Waals surface area (Å²) in [7, 11) is 0. The van der Waals surface area contributed by atoms with Gasteiger partial charge in [0.2, 0.25) is 5.91 Å². The Kier molecular flexibility index (Phi) is 5.74. The summed E-state index contributed by atoms with van der Waals surface area (Å²) in [6, 6.07) is 5.59. The third-order valence-electron chi connectivity index (χ3n) is 2.65. The van der Waals surface area contributed by atoms with Crippen LogP contribution in [-0.2, 0) is 4.79 Å². The molecule has 2 atom stereocenters. The average Bonchev–Trinajstić information content (AvgIpc) is 2.34. The van der Waals surface area contributed by atoms with Crippen LogP contribution in [0.2, 0.25) is 0 Å². The first-order chi connectivity index (χ1) is 8.50. The summed E-state index contributed by atoms with van der Waals surface area (Å²) in [5.41, 5.74) is 0.663. The molecule has 0 aromatic heterocycles. The minimum Gasteiger partial charge on any atom is -0.387 e. The standard InChI is InChI=1S/C13H19FN2O2/c1-9(15-7-8-16-10(2)17)13(18)11-3-5-12(14)6-4-11/h3-6,9,13,15,18H,7-8H2,1-2H3,(H,16,17). The predicted octanol–water partition coefficient (Wildman–Crippen LogP) is 0.973. The zero-order valence-electron chi connectivity index (χ0n) is 10.6. The van der Waals surface area contributed by atoms with Gasteiger partial charge in [0.15, 0.2) is 0 Å². The molecule has 5 heteroatoms. The molecular formula is C13H19FN2O2. The molecule has 4 nitrogen and oxygen atoms in total. The van der Waals surface area contributed by atoms with Gasteiger partial charge in [0, 0.05) is 26.1 Å². The third-order valence-corrected chi connectivity index (χ3v) is 2.65. The normalized spacial score (nSPS) is 14.0. The molecule has 1 aromatic carbocycles. The van der Waals surface area contributed by atoms with Crippen molar-refractivity contribution in [2.24, 2.45) is 0 Å². The van der Waals surface area contributed by atoms with Crippen molar-refractivity contribution in [1.82, 2.24) is 10.6 Å². The van der Waals surface area contributed by atoms with E-state index >= 15 is 0 Å². The summed E-state index contributed by atoms with van der Waals surface area (Å²) in [4.78, 5) is 10.7. The van der Waals surface area contributed by atoms with E-state index < -0.39 is 6.10 Å². The SMILES string of the molecule is CC(=O)NCCNC(C)C(O)c1ccc(F)cc1. The molecule has 0 aliphatic carbocycles. The van der Waals surface area contributed by atoms with Crippen LogP contribution < -0.4 is 10.6 Å². The second-order valence-electron chi connectivity index (χ2n) is 4.22. The van der Waals surface area contributed by atoms with E-state index in [0.29, 0.717) is 18.7 Å². The Hall–Kier alpha value is -1.46. The van der Waals surface area contributed by atoms with Crippen molar-refractivity contribution >= 4 is 5.91 Å². The fourth-order valence-corrected chi connectivity index (χ4v) is 1.60. The molecule has 0 fully saturated rings. The lowest BCUT2D eigenvalue weighted by atomic mass is 10.0. The minimum absolute atomic E-state index is 0.0801. The van der Waals surface area contributed by atoms with Crippen molar-refractivity contribution < 1.29 is 14.3 Å². The van der Waals surface area contributed by atoms with Gasteiger partial charge in [0.25, 0.3) is 0 Å². The van der Waals surface area contributed by atoms with Crippen LogP contribution in [0.4, 0.5) is 4.39 Å². The smallest absolute Gasteiger partial charge is 0.216 e. The lowest BCUT2D eigenvalue weighted by Gasteiger charge is -2.20. The lowest BCUT2D eigenvalue weighted by Crippen LogP contribution is -2.38. The van der Waals surface area contributed by atoms with E-state index in [1.807, 2.05) is 6.92 Å². The monoisotopic (exact) mass is 254 g/mol. The molecule has 3 N–H and O–H groups in total. The molecule has 100 valence electrons. The van der Waals surface area contributed by atoms with Gasteiger partial charge in [-0.3, -0.25) is 4.79 Å². The Morgan fingerprint density at radius 3 is 2.50 bits per heavy atom. The van der Waals surface area contributed by atoms with Gasteiger partial charge in [-0.2, -0.15) is 0 Å². The Labute approximate surface area is 106 Å². The van der Waals surface area contributed by atoms with Gasteiger partial charge in [0.05, 0.1) is 6.10 Å². The third kappa shape index (κ3) is 4.81. The number of hydrogen-bond acceptors (Lipinski definition) is 3. The van der Waals surface area contributed by atoms with E-state index in [9.17, 15) is 14.3 Å². The lowest BCUT2D eigenvalue weighted by molar-refractivity contribution is -0.118. The van der Waals surface area contributed by atoms with Crippen molar-refractivity contribution in [3.8, 4) is 0 Å². The fourth-order valence-electron chi connectivity index (χ4n) is 1.60. The summed E-state index contributed by atoms with van der Waals surface area (Å²) in [6.07, 6.45) is -0.706. The number of benzene rings is 1. The quantitative estimate of drug-likeness (QED) is 0.663. The largest absolute Gasteiger partial charge is 0.387 e. The number of aliphatic hydroxyl groups is 1. The van der Waals surface area contributed by atoms with Gasteiger partial charge >= 0.3 is 0 Å². The van der Waals surface area contributed by atoms with Crippen molar-refractivity contribution in [1.29, 1.82) is 0 Å². The van der Waals surface area contributed by atoms with Gasteiger partial charge < -0.3 is 15.7 Å². The number of amides is 1. The molecule has 0 heterocycles. The molecule has 0 saturated carbocycles. The second-order valence-corrected chi connectivity index (χ2v) is 4.22. The molecule has 0 spiro atoms. The number of halogens is 1. The summed E-state index contributed by atoms with van der Waals surface area (Å²) >= 11 is 0. The van der Waals surface area contributed by atoms with Gasteiger partial charge in [-0.05, 0) is 24.6 Å². The van der Waals surface area contributed by atoms with Crippen LogP contribution in [0.3, 0.4) is 0 Å². The van der Waals surface area contributed by atoms with Crippen LogP contribution in [0.15, 0.2) is 24.3 Å². The molecule has 0 bridgehead atoms.